The number of fused-ring (bicyclic) bond motifs is 1. The van der Waals surface area contributed by atoms with Crippen LogP contribution in [0.5, 0.6) is 0 Å². The highest BCUT2D eigenvalue weighted by atomic mass is 16.2. The number of aryl methyl sites for hydroxylation is 1. The first-order valence-corrected chi connectivity index (χ1v) is 6.47. The van der Waals surface area contributed by atoms with Gasteiger partial charge in [0.05, 0.1) is 5.52 Å². The van der Waals surface area contributed by atoms with Crippen molar-refractivity contribution in [2.75, 3.05) is 0 Å². The Bertz CT molecular complexity index is 671. The van der Waals surface area contributed by atoms with E-state index in [9.17, 15) is 9.59 Å². The largest absolute Gasteiger partial charge is 0.350 e. The standard InChI is InChI=1S/C15H18N2O2/c1-4-17-9-12(15(19)16-10(2)3)14(18)11-7-5-6-8-13(11)17/h5-10H,4H2,1-3H3,(H,16,19). The molecule has 2 rings (SSSR count). The van der Waals surface area contributed by atoms with Crippen molar-refractivity contribution in [3.8, 4) is 0 Å². The van der Waals surface area contributed by atoms with E-state index in [0.29, 0.717) is 11.9 Å². The second-order valence-electron chi connectivity index (χ2n) is 4.80. The number of amides is 1. The lowest BCUT2D eigenvalue weighted by Gasteiger charge is -2.12. The Balaban J connectivity index is 2.66. The molecule has 19 heavy (non-hydrogen) atoms. The normalized spacial score (nSPS) is 10.9. The number of para-hydroxylation sites is 1. The van der Waals surface area contributed by atoms with E-state index in [0.717, 1.165) is 5.52 Å². The fraction of sp³-hybridized carbons (Fsp3) is 0.333. The quantitative estimate of drug-likeness (QED) is 0.917. The molecule has 1 aromatic heterocycles. The molecule has 1 heterocycles. The SMILES string of the molecule is CCn1cc(C(=O)NC(C)C)c(=O)c2ccccc21. The summed E-state index contributed by atoms with van der Waals surface area (Å²) in [5.74, 6) is -0.312. The van der Waals surface area contributed by atoms with Gasteiger partial charge in [0.2, 0.25) is 5.43 Å². The van der Waals surface area contributed by atoms with Crippen molar-refractivity contribution in [3.63, 3.8) is 0 Å². The minimum absolute atomic E-state index is 0.00782. The Kier molecular flexibility index (Phi) is 3.69. The topological polar surface area (TPSA) is 51.1 Å². The van der Waals surface area contributed by atoms with Gasteiger partial charge in [-0.15, -0.1) is 0 Å². The summed E-state index contributed by atoms with van der Waals surface area (Å²) in [5, 5.41) is 3.35. The Morgan fingerprint density at radius 2 is 2.00 bits per heavy atom. The molecule has 4 heteroatoms. The molecular formula is C15H18N2O2. The zero-order valence-electron chi connectivity index (χ0n) is 11.4. The molecule has 0 fully saturated rings. The Morgan fingerprint density at radius 1 is 1.32 bits per heavy atom. The van der Waals surface area contributed by atoms with Gasteiger partial charge in [0.25, 0.3) is 5.91 Å². The second-order valence-corrected chi connectivity index (χ2v) is 4.80. The smallest absolute Gasteiger partial charge is 0.256 e. The van der Waals surface area contributed by atoms with Gasteiger partial charge in [0, 0.05) is 24.2 Å². The molecule has 100 valence electrons. The zero-order chi connectivity index (χ0) is 14.0. The van der Waals surface area contributed by atoms with Gasteiger partial charge in [-0.2, -0.15) is 0 Å². The molecule has 0 radical (unpaired) electrons. The maximum atomic E-state index is 12.3. The van der Waals surface area contributed by atoms with Crippen LogP contribution in [-0.4, -0.2) is 16.5 Å². The van der Waals surface area contributed by atoms with E-state index in [-0.39, 0.29) is 22.9 Å². The number of pyridine rings is 1. The molecule has 0 unspecified atom stereocenters. The predicted molar refractivity (Wildman–Crippen MR) is 76.5 cm³/mol. The highest BCUT2D eigenvalue weighted by Crippen LogP contribution is 2.11. The van der Waals surface area contributed by atoms with Crippen molar-refractivity contribution in [2.45, 2.75) is 33.4 Å². The number of nitrogens with one attached hydrogen (secondary N) is 1. The van der Waals surface area contributed by atoms with E-state index in [1.54, 1.807) is 12.3 Å². The summed E-state index contributed by atoms with van der Waals surface area (Å²) >= 11 is 0. The van der Waals surface area contributed by atoms with Crippen molar-refractivity contribution in [1.82, 2.24) is 9.88 Å². The van der Waals surface area contributed by atoms with E-state index >= 15 is 0 Å². The van der Waals surface area contributed by atoms with Crippen LogP contribution < -0.4 is 10.7 Å². The van der Waals surface area contributed by atoms with Gasteiger partial charge in [0.15, 0.2) is 0 Å². The second kappa shape index (κ2) is 5.26. The average molecular weight is 258 g/mol. The number of carbonyl (C=O) groups excluding carboxylic acids is 1. The molecule has 0 aliphatic heterocycles. The Hall–Kier alpha value is -2.10. The van der Waals surface area contributed by atoms with E-state index in [1.807, 2.05) is 43.5 Å². The third-order valence-electron chi connectivity index (χ3n) is 2.99. The van der Waals surface area contributed by atoms with Crippen LogP contribution in [0.15, 0.2) is 35.3 Å². The van der Waals surface area contributed by atoms with E-state index in [1.165, 1.54) is 0 Å². The fourth-order valence-corrected chi connectivity index (χ4v) is 2.11. The van der Waals surface area contributed by atoms with Crippen LogP contribution in [0.4, 0.5) is 0 Å². The Labute approximate surface area is 112 Å². The van der Waals surface area contributed by atoms with Crippen molar-refractivity contribution in [3.05, 3.63) is 46.2 Å². The molecule has 0 spiro atoms. The van der Waals surface area contributed by atoms with Gasteiger partial charge in [-0.1, -0.05) is 12.1 Å². The summed E-state index contributed by atoms with van der Waals surface area (Å²) in [7, 11) is 0. The molecule has 1 N–H and O–H groups in total. The van der Waals surface area contributed by atoms with Gasteiger partial charge in [0.1, 0.15) is 5.56 Å². The van der Waals surface area contributed by atoms with E-state index < -0.39 is 0 Å². The highest BCUT2D eigenvalue weighted by molar-refractivity contribution is 5.97. The molecule has 0 saturated heterocycles. The molecule has 0 aliphatic rings. The number of hydrogen-bond acceptors (Lipinski definition) is 2. The maximum absolute atomic E-state index is 12.3. The minimum Gasteiger partial charge on any atom is -0.350 e. The van der Waals surface area contributed by atoms with E-state index in [2.05, 4.69) is 5.32 Å². The number of aromatic nitrogens is 1. The first kappa shape index (κ1) is 13.3. The molecule has 4 nitrogen and oxygen atoms in total. The fourth-order valence-electron chi connectivity index (χ4n) is 2.11. The van der Waals surface area contributed by atoms with Gasteiger partial charge in [-0.3, -0.25) is 9.59 Å². The molecule has 0 bridgehead atoms. The van der Waals surface area contributed by atoms with Crippen LogP contribution >= 0.6 is 0 Å². The first-order chi connectivity index (χ1) is 9.04. The van der Waals surface area contributed by atoms with Crippen LogP contribution in [0.2, 0.25) is 0 Å². The third kappa shape index (κ3) is 2.52. The van der Waals surface area contributed by atoms with Crippen molar-refractivity contribution in [1.29, 1.82) is 0 Å². The van der Waals surface area contributed by atoms with Gasteiger partial charge in [-0.05, 0) is 32.9 Å². The highest BCUT2D eigenvalue weighted by Gasteiger charge is 2.15. The number of hydrogen-bond donors (Lipinski definition) is 1. The molecule has 2 aromatic rings. The number of rotatable bonds is 3. The number of benzene rings is 1. The van der Waals surface area contributed by atoms with Crippen molar-refractivity contribution >= 4 is 16.8 Å². The summed E-state index contributed by atoms with van der Waals surface area (Å²) in [6.45, 7) is 6.44. The lowest BCUT2D eigenvalue weighted by Crippen LogP contribution is -2.34. The summed E-state index contributed by atoms with van der Waals surface area (Å²) in [4.78, 5) is 24.4. The molecular weight excluding hydrogens is 240 g/mol. The van der Waals surface area contributed by atoms with E-state index in [4.69, 9.17) is 0 Å². The van der Waals surface area contributed by atoms with Crippen LogP contribution in [0.1, 0.15) is 31.1 Å². The van der Waals surface area contributed by atoms with Gasteiger partial charge in [-0.25, -0.2) is 0 Å². The van der Waals surface area contributed by atoms with Crippen molar-refractivity contribution < 1.29 is 4.79 Å². The first-order valence-electron chi connectivity index (χ1n) is 6.47. The molecule has 0 atom stereocenters. The summed E-state index contributed by atoms with van der Waals surface area (Å²) in [6.07, 6.45) is 1.64. The average Bonchev–Trinajstić information content (AvgIpc) is 2.38. The predicted octanol–water partition coefficient (Wildman–Crippen LogP) is 2.16. The van der Waals surface area contributed by atoms with Gasteiger partial charge >= 0.3 is 0 Å². The number of nitrogens with zero attached hydrogens (tertiary/aromatic N) is 1. The maximum Gasteiger partial charge on any atom is 0.256 e. The van der Waals surface area contributed by atoms with Crippen LogP contribution in [0, 0.1) is 0 Å². The lowest BCUT2D eigenvalue weighted by atomic mass is 10.1. The summed E-state index contributed by atoms with van der Waals surface area (Å²) in [6, 6.07) is 7.36. The molecule has 0 saturated carbocycles. The lowest BCUT2D eigenvalue weighted by molar-refractivity contribution is 0.0941. The molecule has 1 amide bonds. The van der Waals surface area contributed by atoms with Crippen LogP contribution in [-0.2, 0) is 6.54 Å². The van der Waals surface area contributed by atoms with Gasteiger partial charge < -0.3 is 9.88 Å². The Morgan fingerprint density at radius 3 is 2.63 bits per heavy atom. The summed E-state index contributed by atoms with van der Waals surface area (Å²) in [5.41, 5.74) is 0.851. The third-order valence-corrected chi connectivity index (χ3v) is 2.99. The zero-order valence-corrected chi connectivity index (χ0v) is 11.4. The summed E-state index contributed by atoms with van der Waals surface area (Å²) < 4.78 is 1.92. The molecule has 0 aliphatic carbocycles. The molecule has 1 aromatic carbocycles. The monoisotopic (exact) mass is 258 g/mol. The van der Waals surface area contributed by atoms with Crippen LogP contribution in [0.3, 0.4) is 0 Å². The minimum atomic E-state index is -0.312. The van der Waals surface area contributed by atoms with Crippen LogP contribution in [0.25, 0.3) is 10.9 Å². The number of carbonyl (C=O) groups is 1. The van der Waals surface area contributed by atoms with Crippen molar-refractivity contribution in [2.24, 2.45) is 0 Å².